The molecule has 1 N–H and O–H groups in total. The fourth-order valence-corrected chi connectivity index (χ4v) is 2.40. The second-order valence-electron chi connectivity index (χ2n) is 4.71. The molecule has 1 fully saturated rings. The monoisotopic (exact) mass is 292 g/mol. The average molecular weight is 293 g/mol. The molecule has 96 valence electrons. The van der Waals surface area contributed by atoms with Crippen molar-refractivity contribution in [2.45, 2.75) is 32.9 Å². The number of nitrogens with zero attached hydrogens (tertiary/aromatic N) is 1. The van der Waals surface area contributed by atoms with Crippen molar-refractivity contribution < 1.29 is 4.74 Å². The molecule has 1 heterocycles. The van der Waals surface area contributed by atoms with E-state index in [1.807, 2.05) is 0 Å². The van der Waals surface area contributed by atoms with Gasteiger partial charge < -0.3 is 10.1 Å². The van der Waals surface area contributed by atoms with Crippen LogP contribution in [0.5, 0.6) is 0 Å². The van der Waals surface area contributed by atoms with Crippen LogP contribution in [0.4, 0.5) is 0 Å². The Kier molecular flexibility index (Phi) is 6.89. The van der Waals surface area contributed by atoms with Crippen LogP contribution in [0.1, 0.15) is 20.8 Å². The van der Waals surface area contributed by atoms with Crippen LogP contribution in [0.25, 0.3) is 0 Å². The summed E-state index contributed by atoms with van der Waals surface area (Å²) >= 11 is 3.52. The number of ether oxygens (including phenoxy) is 1. The van der Waals surface area contributed by atoms with Gasteiger partial charge in [0.25, 0.3) is 0 Å². The van der Waals surface area contributed by atoms with Crippen LogP contribution in [-0.4, -0.2) is 55.2 Å². The maximum Gasteiger partial charge on any atom is 0.0826 e. The molecule has 0 aromatic heterocycles. The van der Waals surface area contributed by atoms with Gasteiger partial charge in [0.2, 0.25) is 0 Å². The molecule has 0 amide bonds. The molecule has 0 radical (unpaired) electrons. The summed E-state index contributed by atoms with van der Waals surface area (Å²) in [4.78, 5) is 2.45. The van der Waals surface area contributed by atoms with Crippen molar-refractivity contribution >= 4 is 15.9 Å². The highest BCUT2D eigenvalue weighted by atomic mass is 79.9. The number of rotatable bonds is 6. The van der Waals surface area contributed by atoms with Crippen molar-refractivity contribution in [2.24, 2.45) is 5.92 Å². The molecule has 0 bridgehead atoms. The molecule has 3 atom stereocenters. The fraction of sp³-hybridized carbons (Fsp3) is 1.00. The molecule has 1 rings (SSSR count). The molecule has 16 heavy (non-hydrogen) atoms. The van der Waals surface area contributed by atoms with E-state index in [1.54, 1.807) is 0 Å². The molecular formula is C12H25BrN2O. The van der Waals surface area contributed by atoms with Crippen LogP contribution in [0.15, 0.2) is 0 Å². The van der Waals surface area contributed by atoms with E-state index in [2.05, 4.69) is 46.9 Å². The predicted molar refractivity (Wildman–Crippen MR) is 72.3 cm³/mol. The molecule has 0 spiro atoms. The van der Waals surface area contributed by atoms with E-state index in [9.17, 15) is 0 Å². The molecule has 0 saturated carbocycles. The minimum absolute atomic E-state index is 0.360. The minimum atomic E-state index is 0.360. The topological polar surface area (TPSA) is 24.5 Å². The summed E-state index contributed by atoms with van der Waals surface area (Å²) in [5.74, 6) is 0.658. The second-order valence-corrected chi connectivity index (χ2v) is 5.36. The highest BCUT2D eigenvalue weighted by molar-refractivity contribution is 9.09. The number of nitrogens with one attached hydrogen (secondary N) is 1. The summed E-state index contributed by atoms with van der Waals surface area (Å²) in [5.41, 5.74) is 0. The number of alkyl halides is 1. The van der Waals surface area contributed by atoms with Gasteiger partial charge in [-0.25, -0.2) is 0 Å². The Morgan fingerprint density at radius 1 is 1.50 bits per heavy atom. The summed E-state index contributed by atoms with van der Waals surface area (Å²) in [6.07, 6.45) is 0.360. The van der Waals surface area contributed by atoms with Crippen molar-refractivity contribution in [3.63, 3.8) is 0 Å². The maximum atomic E-state index is 5.76. The molecule has 3 nitrogen and oxygen atoms in total. The highest BCUT2D eigenvalue weighted by Crippen LogP contribution is 2.08. The quantitative estimate of drug-likeness (QED) is 0.755. The molecule has 1 aliphatic rings. The van der Waals surface area contributed by atoms with E-state index in [4.69, 9.17) is 4.74 Å². The van der Waals surface area contributed by atoms with E-state index in [-0.39, 0.29) is 0 Å². The SMILES string of the molecule is CCN1CCOC(CNC(C)C(C)CBr)C1. The van der Waals surface area contributed by atoms with Gasteiger partial charge in [-0.1, -0.05) is 29.8 Å². The molecule has 0 aliphatic carbocycles. The normalized spacial score (nSPS) is 26.6. The second kappa shape index (κ2) is 7.64. The lowest BCUT2D eigenvalue weighted by Crippen LogP contribution is -2.48. The summed E-state index contributed by atoms with van der Waals surface area (Å²) in [7, 11) is 0. The average Bonchev–Trinajstić information content (AvgIpc) is 2.35. The largest absolute Gasteiger partial charge is 0.374 e. The zero-order chi connectivity index (χ0) is 12.0. The van der Waals surface area contributed by atoms with Gasteiger partial charge in [0.15, 0.2) is 0 Å². The molecular weight excluding hydrogens is 268 g/mol. The third kappa shape index (κ3) is 4.70. The first-order valence-corrected chi connectivity index (χ1v) is 7.42. The van der Waals surface area contributed by atoms with Crippen LogP contribution in [0.2, 0.25) is 0 Å². The van der Waals surface area contributed by atoms with E-state index >= 15 is 0 Å². The smallest absolute Gasteiger partial charge is 0.0826 e. The number of hydrogen-bond donors (Lipinski definition) is 1. The van der Waals surface area contributed by atoms with Gasteiger partial charge in [0, 0.05) is 31.0 Å². The third-order valence-electron chi connectivity index (χ3n) is 3.43. The van der Waals surface area contributed by atoms with Gasteiger partial charge in [-0.05, 0) is 19.4 Å². The zero-order valence-corrected chi connectivity index (χ0v) is 12.3. The van der Waals surface area contributed by atoms with Crippen molar-refractivity contribution in [1.29, 1.82) is 0 Å². The van der Waals surface area contributed by atoms with Crippen LogP contribution < -0.4 is 5.32 Å². The van der Waals surface area contributed by atoms with E-state index in [1.165, 1.54) is 0 Å². The summed E-state index contributed by atoms with van der Waals surface area (Å²) in [6.45, 7) is 11.8. The van der Waals surface area contributed by atoms with Gasteiger partial charge in [0.05, 0.1) is 12.7 Å². The first-order valence-electron chi connectivity index (χ1n) is 6.30. The first-order chi connectivity index (χ1) is 7.67. The number of hydrogen-bond acceptors (Lipinski definition) is 3. The highest BCUT2D eigenvalue weighted by Gasteiger charge is 2.20. The third-order valence-corrected chi connectivity index (χ3v) is 4.46. The molecule has 1 saturated heterocycles. The Balaban J connectivity index is 2.21. The summed E-state index contributed by atoms with van der Waals surface area (Å²) < 4.78 is 5.76. The van der Waals surface area contributed by atoms with Crippen molar-refractivity contribution in [3.05, 3.63) is 0 Å². The molecule has 0 aromatic rings. The van der Waals surface area contributed by atoms with Crippen molar-refractivity contribution in [2.75, 3.05) is 38.1 Å². The van der Waals surface area contributed by atoms with Gasteiger partial charge in [0.1, 0.15) is 0 Å². The molecule has 3 unspecified atom stereocenters. The Hall–Kier alpha value is 0.360. The van der Waals surface area contributed by atoms with E-state index < -0.39 is 0 Å². The van der Waals surface area contributed by atoms with Crippen LogP contribution in [-0.2, 0) is 4.74 Å². The Morgan fingerprint density at radius 2 is 2.25 bits per heavy atom. The van der Waals surface area contributed by atoms with Crippen LogP contribution in [0.3, 0.4) is 0 Å². The minimum Gasteiger partial charge on any atom is -0.374 e. The van der Waals surface area contributed by atoms with E-state index in [0.717, 1.165) is 38.1 Å². The Morgan fingerprint density at radius 3 is 2.88 bits per heavy atom. The molecule has 1 aliphatic heterocycles. The molecule has 0 aromatic carbocycles. The van der Waals surface area contributed by atoms with Gasteiger partial charge in [-0.3, -0.25) is 4.90 Å². The van der Waals surface area contributed by atoms with Crippen LogP contribution >= 0.6 is 15.9 Å². The van der Waals surface area contributed by atoms with E-state index in [0.29, 0.717) is 18.1 Å². The first kappa shape index (κ1) is 14.4. The van der Waals surface area contributed by atoms with Gasteiger partial charge in [-0.2, -0.15) is 0 Å². The summed E-state index contributed by atoms with van der Waals surface area (Å²) in [5, 5.41) is 4.62. The molecule has 4 heteroatoms. The van der Waals surface area contributed by atoms with Crippen LogP contribution in [0, 0.1) is 5.92 Å². The lowest BCUT2D eigenvalue weighted by molar-refractivity contribution is -0.0266. The standard InChI is InChI=1S/C12H25BrN2O/c1-4-15-5-6-16-12(9-15)8-14-11(3)10(2)7-13/h10-12,14H,4-9H2,1-3H3. The zero-order valence-electron chi connectivity index (χ0n) is 10.7. The number of morpholine rings is 1. The Labute approximate surface area is 108 Å². The van der Waals surface area contributed by atoms with Gasteiger partial charge in [-0.15, -0.1) is 0 Å². The number of halogens is 1. The Bertz CT molecular complexity index is 192. The maximum absolute atomic E-state index is 5.76. The fourth-order valence-electron chi connectivity index (χ4n) is 1.84. The lowest BCUT2D eigenvalue weighted by atomic mass is 10.1. The van der Waals surface area contributed by atoms with Crippen molar-refractivity contribution in [3.8, 4) is 0 Å². The lowest BCUT2D eigenvalue weighted by Gasteiger charge is -2.33. The van der Waals surface area contributed by atoms with Gasteiger partial charge >= 0.3 is 0 Å². The van der Waals surface area contributed by atoms with Crippen molar-refractivity contribution in [1.82, 2.24) is 10.2 Å². The summed E-state index contributed by atoms with van der Waals surface area (Å²) in [6, 6.07) is 0.542. The predicted octanol–water partition coefficient (Wildman–Crippen LogP) is 1.72. The number of likely N-dealkylation sites (N-methyl/N-ethyl adjacent to an activating group) is 1.